The topological polar surface area (TPSA) is 84.9 Å². The molecule has 2 fully saturated rings. The molecule has 0 aromatic heterocycles. The number of ether oxygens (including phenoxy) is 2. The van der Waals surface area contributed by atoms with Crippen molar-refractivity contribution in [3.8, 4) is 11.5 Å². The van der Waals surface area contributed by atoms with Crippen molar-refractivity contribution in [3.63, 3.8) is 0 Å². The van der Waals surface area contributed by atoms with E-state index in [1.165, 1.54) is 0 Å². The van der Waals surface area contributed by atoms with E-state index >= 15 is 0 Å². The largest absolute Gasteiger partial charge is 0.490 e. The summed E-state index contributed by atoms with van der Waals surface area (Å²) in [5.41, 5.74) is 0.552. The number of imide groups is 1. The first kappa shape index (κ1) is 16.9. The van der Waals surface area contributed by atoms with Gasteiger partial charge in [0.1, 0.15) is 6.54 Å². The van der Waals surface area contributed by atoms with E-state index in [4.69, 9.17) is 9.47 Å². The van der Waals surface area contributed by atoms with Crippen molar-refractivity contribution in [2.45, 2.75) is 32.1 Å². The fraction of sp³-hybridized carbons (Fsp3) is 0.526. The fourth-order valence-corrected chi connectivity index (χ4v) is 3.97. The lowest BCUT2D eigenvalue weighted by molar-refractivity contribution is -0.142. The molecule has 0 bridgehead atoms. The van der Waals surface area contributed by atoms with Crippen LogP contribution in [0.25, 0.3) is 0 Å². The Morgan fingerprint density at radius 2 is 1.65 bits per heavy atom. The van der Waals surface area contributed by atoms with Crippen molar-refractivity contribution in [2.75, 3.05) is 25.1 Å². The van der Waals surface area contributed by atoms with Crippen LogP contribution in [0, 0.1) is 11.8 Å². The Balaban J connectivity index is 1.42. The molecule has 1 saturated carbocycles. The summed E-state index contributed by atoms with van der Waals surface area (Å²) in [5, 5.41) is 2.74. The third-order valence-corrected chi connectivity index (χ3v) is 5.27. The third-order valence-electron chi connectivity index (χ3n) is 5.27. The maximum Gasteiger partial charge on any atom is 0.244 e. The molecular weight excluding hydrogens is 336 g/mol. The van der Waals surface area contributed by atoms with Crippen LogP contribution in [0.4, 0.5) is 5.69 Å². The molecule has 2 heterocycles. The van der Waals surface area contributed by atoms with Gasteiger partial charge in [0.25, 0.3) is 0 Å². The van der Waals surface area contributed by atoms with Gasteiger partial charge in [-0.2, -0.15) is 0 Å². The van der Waals surface area contributed by atoms with E-state index in [0.717, 1.165) is 37.0 Å². The SMILES string of the molecule is O=C(CN1C(=O)[C@H]2CCCC[C@H]2C1=O)Nc1ccc2c(c1)OCCCO2. The second-order valence-electron chi connectivity index (χ2n) is 7.02. The number of rotatable bonds is 3. The summed E-state index contributed by atoms with van der Waals surface area (Å²) in [6, 6.07) is 5.17. The number of carbonyl (C=O) groups is 3. The van der Waals surface area contributed by atoms with Gasteiger partial charge in [-0.05, 0) is 25.0 Å². The number of benzene rings is 1. The minimum absolute atomic E-state index is 0.200. The summed E-state index contributed by atoms with van der Waals surface area (Å²) in [6.07, 6.45) is 4.23. The van der Waals surface area contributed by atoms with Crippen molar-refractivity contribution in [1.82, 2.24) is 4.90 Å². The van der Waals surface area contributed by atoms with Crippen molar-refractivity contribution in [1.29, 1.82) is 0 Å². The van der Waals surface area contributed by atoms with Crippen LogP contribution >= 0.6 is 0 Å². The molecule has 1 aromatic carbocycles. The highest BCUT2D eigenvalue weighted by atomic mass is 16.5. The van der Waals surface area contributed by atoms with Crippen LogP contribution in [0.5, 0.6) is 11.5 Å². The molecule has 3 amide bonds. The number of fused-ring (bicyclic) bond motifs is 2. The molecule has 7 heteroatoms. The van der Waals surface area contributed by atoms with Crippen molar-refractivity contribution in [3.05, 3.63) is 18.2 Å². The van der Waals surface area contributed by atoms with Gasteiger partial charge in [0.15, 0.2) is 11.5 Å². The summed E-state index contributed by atoms with van der Waals surface area (Å²) >= 11 is 0. The lowest BCUT2D eigenvalue weighted by Gasteiger charge is -2.19. The van der Waals surface area contributed by atoms with Crippen LogP contribution in [-0.2, 0) is 14.4 Å². The predicted octanol–water partition coefficient (Wildman–Crippen LogP) is 1.96. The molecule has 1 N–H and O–H groups in total. The Kier molecular flexibility index (Phi) is 4.53. The smallest absolute Gasteiger partial charge is 0.244 e. The minimum Gasteiger partial charge on any atom is -0.490 e. The molecule has 26 heavy (non-hydrogen) atoms. The molecule has 3 aliphatic rings. The van der Waals surface area contributed by atoms with E-state index in [9.17, 15) is 14.4 Å². The number of amides is 3. The zero-order valence-electron chi connectivity index (χ0n) is 14.5. The Hall–Kier alpha value is -2.57. The summed E-state index contributed by atoms with van der Waals surface area (Å²) < 4.78 is 11.2. The van der Waals surface area contributed by atoms with Crippen molar-refractivity contribution in [2.24, 2.45) is 11.8 Å². The Morgan fingerprint density at radius 3 is 2.35 bits per heavy atom. The van der Waals surface area contributed by atoms with Crippen LogP contribution in [0.2, 0.25) is 0 Å². The molecule has 138 valence electrons. The summed E-state index contributed by atoms with van der Waals surface area (Å²) in [7, 11) is 0. The van der Waals surface area contributed by atoms with E-state index in [-0.39, 0.29) is 36.1 Å². The van der Waals surface area contributed by atoms with E-state index in [2.05, 4.69) is 5.32 Å². The third kappa shape index (κ3) is 3.13. The number of nitrogens with zero attached hydrogens (tertiary/aromatic N) is 1. The van der Waals surface area contributed by atoms with Crippen LogP contribution in [0.3, 0.4) is 0 Å². The average Bonchev–Trinajstić information content (AvgIpc) is 2.82. The van der Waals surface area contributed by atoms with Crippen LogP contribution < -0.4 is 14.8 Å². The van der Waals surface area contributed by atoms with E-state index in [0.29, 0.717) is 30.4 Å². The highest BCUT2D eigenvalue weighted by molar-refractivity contribution is 6.08. The van der Waals surface area contributed by atoms with Gasteiger partial charge in [-0.15, -0.1) is 0 Å². The van der Waals surface area contributed by atoms with Crippen LogP contribution in [-0.4, -0.2) is 42.4 Å². The first-order valence-electron chi connectivity index (χ1n) is 9.18. The average molecular weight is 358 g/mol. The van der Waals surface area contributed by atoms with E-state index < -0.39 is 0 Å². The van der Waals surface area contributed by atoms with Crippen LogP contribution in [0.15, 0.2) is 18.2 Å². The molecule has 0 spiro atoms. The molecular formula is C19H22N2O5. The zero-order chi connectivity index (χ0) is 18.1. The highest BCUT2D eigenvalue weighted by Crippen LogP contribution is 2.38. The minimum atomic E-state index is -0.389. The standard InChI is InChI=1S/C19H22N2O5/c22-17(11-21-18(23)13-4-1-2-5-14(13)19(21)24)20-12-6-7-15-16(10-12)26-9-3-8-25-15/h6-7,10,13-14H,1-5,8-9,11H2,(H,20,22)/t13-,14+. The highest BCUT2D eigenvalue weighted by Gasteiger charge is 2.48. The second kappa shape index (κ2) is 6.97. The van der Waals surface area contributed by atoms with Gasteiger partial charge in [0.2, 0.25) is 17.7 Å². The monoisotopic (exact) mass is 358 g/mol. The molecule has 2 atom stereocenters. The normalized spacial score (nSPS) is 24.8. The van der Waals surface area contributed by atoms with Gasteiger partial charge < -0.3 is 14.8 Å². The van der Waals surface area contributed by atoms with Gasteiger partial charge >= 0.3 is 0 Å². The Bertz CT molecular complexity index is 723. The number of hydrogen-bond donors (Lipinski definition) is 1. The van der Waals surface area contributed by atoms with Crippen molar-refractivity contribution >= 4 is 23.4 Å². The number of likely N-dealkylation sites (tertiary alicyclic amines) is 1. The van der Waals surface area contributed by atoms with Crippen LogP contribution in [0.1, 0.15) is 32.1 Å². The Labute approximate surface area is 151 Å². The van der Waals surface area contributed by atoms with E-state index in [1.807, 2.05) is 0 Å². The lowest BCUT2D eigenvalue weighted by Crippen LogP contribution is -2.38. The fourth-order valence-electron chi connectivity index (χ4n) is 3.97. The molecule has 0 unspecified atom stereocenters. The first-order valence-corrected chi connectivity index (χ1v) is 9.18. The van der Waals surface area contributed by atoms with Gasteiger partial charge in [0.05, 0.1) is 25.0 Å². The predicted molar refractivity (Wildman–Crippen MR) is 92.8 cm³/mol. The zero-order valence-corrected chi connectivity index (χ0v) is 14.5. The number of carbonyl (C=O) groups excluding carboxylic acids is 3. The summed E-state index contributed by atoms with van der Waals surface area (Å²) in [6.45, 7) is 0.920. The quantitative estimate of drug-likeness (QED) is 0.835. The van der Waals surface area contributed by atoms with Crippen molar-refractivity contribution < 1.29 is 23.9 Å². The molecule has 1 aromatic rings. The molecule has 0 radical (unpaired) electrons. The lowest BCUT2D eigenvalue weighted by atomic mass is 9.81. The molecule has 4 rings (SSSR count). The number of hydrogen-bond acceptors (Lipinski definition) is 5. The van der Waals surface area contributed by atoms with Gasteiger partial charge in [-0.25, -0.2) is 0 Å². The Morgan fingerprint density at radius 1 is 1.00 bits per heavy atom. The number of nitrogens with one attached hydrogen (secondary N) is 1. The summed E-state index contributed by atoms with van der Waals surface area (Å²) in [5.74, 6) is -0.0276. The van der Waals surface area contributed by atoms with E-state index in [1.54, 1.807) is 18.2 Å². The maximum absolute atomic E-state index is 12.5. The molecule has 1 saturated heterocycles. The number of anilines is 1. The molecule has 1 aliphatic carbocycles. The van der Waals surface area contributed by atoms with Gasteiger partial charge in [-0.3, -0.25) is 19.3 Å². The molecule has 7 nitrogen and oxygen atoms in total. The molecule has 2 aliphatic heterocycles. The van der Waals surface area contributed by atoms with Gasteiger partial charge in [0, 0.05) is 18.2 Å². The summed E-state index contributed by atoms with van der Waals surface area (Å²) in [4.78, 5) is 38.4. The van der Waals surface area contributed by atoms with Gasteiger partial charge in [-0.1, -0.05) is 12.8 Å². The second-order valence-corrected chi connectivity index (χ2v) is 7.02. The maximum atomic E-state index is 12.5. The first-order chi connectivity index (χ1) is 12.6.